The second-order valence-corrected chi connectivity index (χ2v) is 5.99. The van der Waals surface area contributed by atoms with Crippen molar-refractivity contribution >= 4 is 11.8 Å². The molecule has 4 nitrogen and oxygen atoms in total. The minimum Gasteiger partial charge on any atom is -0.388 e. The number of imide groups is 1. The lowest BCUT2D eigenvalue weighted by atomic mass is 9.98. The molecule has 0 aromatic heterocycles. The van der Waals surface area contributed by atoms with E-state index >= 15 is 0 Å². The minimum atomic E-state index is -0.712. The van der Waals surface area contributed by atoms with E-state index in [9.17, 15) is 14.7 Å². The first-order valence-corrected chi connectivity index (χ1v) is 7.88. The number of fused-ring (bicyclic) bond motifs is 1. The highest BCUT2D eigenvalue weighted by Crippen LogP contribution is 2.29. The fraction of sp³-hybridized carbons (Fsp3) is 0.200. The first kappa shape index (κ1) is 16.1. The van der Waals surface area contributed by atoms with Crippen molar-refractivity contribution in [1.82, 2.24) is 4.90 Å². The summed E-state index contributed by atoms with van der Waals surface area (Å²) >= 11 is 0. The Hall–Kier alpha value is -2.72. The number of nitrogens with zero attached hydrogens (tertiary/aromatic N) is 1. The van der Waals surface area contributed by atoms with Gasteiger partial charge in [0, 0.05) is 6.42 Å². The van der Waals surface area contributed by atoms with Gasteiger partial charge in [0.2, 0.25) is 0 Å². The normalized spacial score (nSPS) is 16.0. The maximum atomic E-state index is 12.5. The van der Waals surface area contributed by atoms with E-state index in [0.29, 0.717) is 23.1 Å². The van der Waals surface area contributed by atoms with Crippen LogP contribution < -0.4 is 0 Å². The predicted molar refractivity (Wildman–Crippen MR) is 91.6 cm³/mol. The van der Waals surface area contributed by atoms with Gasteiger partial charge in [-0.3, -0.25) is 14.5 Å². The molecule has 24 heavy (non-hydrogen) atoms. The molecule has 0 saturated heterocycles. The Balaban J connectivity index is 1.75. The van der Waals surface area contributed by atoms with Crippen LogP contribution in [-0.4, -0.2) is 27.9 Å². The molecule has 2 atom stereocenters. The molecule has 2 aromatic rings. The first-order chi connectivity index (χ1) is 11.5. The highest BCUT2D eigenvalue weighted by Gasteiger charge is 2.39. The topological polar surface area (TPSA) is 57.6 Å². The van der Waals surface area contributed by atoms with Gasteiger partial charge < -0.3 is 5.11 Å². The van der Waals surface area contributed by atoms with E-state index in [0.717, 1.165) is 5.56 Å². The van der Waals surface area contributed by atoms with Crippen molar-refractivity contribution in [3.63, 3.8) is 0 Å². The molecule has 0 aliphatic carbocycles. The summed E-state index contributed by atoms with van der Waals surface area (Å²) in [7, 11) is 0. The monoisotopic (exact) mass is 321 g/mol. The van der Waals surface area contributed by atoms with Crippen LogP contribution in [0, 0.1) is 0 Å². The van der Waals surface area contributed by atoms with E-state index in [-0.39, 0.29) is 11.8 Å². The number of carbonyl (C=O) groups excluding carboxylic acids is 2. The Morgan fingerprint density at radius 1 is 1.00 bits per heavy atom. The molecular weight excluding hydrogens is 302 g/mol. The maximum absolute atomic E-state index is 12.5. The number of hydrogen-bond donors (Lipinski definition) is 1. The van der Waals surface area contributed by atoms with Crippen LogP contribution in [0.15, 0.2) is 66.7 Å². The molecule has 0 unspecified atom stereocenters. The molecule has 0 saturated carbocycles. The molecular formula is C20H19NO3. The summed E-state index contributed by atoms with van der Waals surface area (Å²) in [5, 5.41) is 10.3. The molecule has 2 aromatic carbocycles. The van der Waals surface area contributed by atoms with E-state index in [2.05, 4.69) is 6.58 Å². The average Bonchev–Trinajstić information content (AvgIpc) is 2.86. The van der Waals surface area contributed by atoms with Crippen molar-refractivity contribution in [1.29, 1.82) is 0 Å². The van der Waals surface area contributed by atoms with Crippen molar-refractivity contribution in [2.75, 3.05) is 0 Å². The van der Waals surface area contributed by atoms with Crippen LogP contribution in [0.25, 0.3) is 0 Å². The number of carbonyl (C=O) groups is 2. The summed E-state index contributed by atoms with van der Waals surface area (Å²) in [4.78, 5) is 26.2. The van der Waals surface area contributed by atoms with Crippen LogP contribution in [0.3, 0.4) is 0 Å². The van der Waals surface area contributed by atoms with E-state index in [4.69, 9.17) is 0 Å². The van der Waals surface area contributed by atoms with Crippen molar-refractivity contribution in [3.8, 4) is 0 Å². The summed E-state index contributed by atoms with van der Waals surface area (Å²) < 4.78 is 0. The van der Waals surface area contributed by atoms with Gasteiger partial charge in [-0.05, 0) is 24.6 Å². The van der Waals surface area contributed by atoms with Gasteiger partial charge in [0.1, 0.15) is 0 Å². The number of benzene rings is 2. The predicted octanol–water partition coefficient (Wildman–Crippen LogP) is 3.35. The lowest BCUT2D eigenvalue weighted by molar-refractivity contribution is 0.0610. The zero-order chi connectivity index (χ0) is 17.3. The maximum Gasteiger partial charge on any atom is 0.262 e. The lowest BCUT2D eigenvalue weighted by Gasteiger charge is -2.26. The van der Waals surface area contributed by atoms with E-state index < -0.39 is 12.1 Å². The standard InChI is InChI=1S/C20H19NO3/c1-13(12-18(22)15-8-4-3-5-9-15)14(2)21-19(23)16-10-6-7-11-17(16)20(21)24/h3-11,14,18,22H,1,12H2,2H3/t14-,18-/m1/s1. The van der Waals surface area contributed by atoms with E-state index in [1.54, 1.807) is 31.2 Å². The Bertz CT molecular complexity index is 763. The van der Waals surface area contributed by atoms with Gasteiger partial charge in [0.05, 0.1) is 23.3 Å². The third-order valence-corrected chi connectivity index (χ3v) is 4.44. The molecule has 1 N–H and O–H groups in total. The third-order valence-electron chi connectivity index (χ3n) is 4.44. The van der Waals surface area contributed by atoms with Crippen LogP contribution in [0.4, 0.5) is 0 Å². The van der Waals surface area contributed by atoms with Crippen LogP contribution >= 0.6 is 0 Å². The zero-order valence-electron chi connectivity index (χ0n) is 13.5. The minimum absolute atomic E-state index is 0.290. The number of aliphatic hydroxyl groups is 1. The van der Waals surface area contributed by atoms with Crippen molar-refractivity contribution < 1.29 is 14.7 Å². The number of aliphatic hydroxyl groups excluding tert-OH is 1. The van der Waals surface area contributed by atoms with E-state index in [1.807, 2.05) is 30.3 Å². The molecule has 122 valence electrons. The smallest absolute Gasteiger partial charge is 0.262 e. The SMILES string of the molecule is C=C(C[C@@H](O)c1ccccc1)[C@@H](C)N1C(=O)c2ccccc2C1=O. The van der Waals surface area contributed by atoms with Crippen molar-refractivity contribution in [2.24, 2.45) is 0 Å². The molecule has 1 aliphatic rings. The third kappa shape index (κ3) is 2.76. The van der Waals surface area contributed by atoms with Gasteiger partial charge in [-0.15, -0.1) is 0 Å². The lowest BCUT2D eigenvalue weighted by Crippen LogP contribution is -2.39. The summed E-state index contributed by atoms with van der Waals surface area (Å²) in [6.07, 6.45) is -0.421. The van der Waals surface area contributed by atoms with E-state index in [1.165, 1.54) is 4.90 Å². The summed E-state index contributed by atoms with van der Waals surface area (Å²) in [5.74, 6) is -0.614. The molecule has 0 fully saturated rings. The molecule has 1 heterocycles. The molecule has 4 heteroatoms. The fourth-order valence-electron chi connectivity index (χ4n) is 2.95. The number of amides is 2. The van der Waals surface area contributed by atoms with Crippen LogP contribution in [0.2, 0.25) is 0 Å². The van der Waals surface area contributed by atoms with Crippen molar-refractivity contribution in [2.45, 2.75) is 25.5 Å². The Morgan fingerprint density at radius 3 is 2.04 bits per heavy atom. The second kappa shape index (κ2) is 6.42. The van der Waals surface area contributed by atoms with Crippen LogP contribution in [-0.2, 0) is 0 Å². The molecule has 0 spiro atoms. The Morgan fingerprint density at radius 2 is 1.50 bits per heavy atom. The molecule has 3 rings (SSSR count). The fourth-order valence-corrected chi connectivity index (χ4v) is 2.95. The quantitative estimate of drug-likeness (QED) is 0.679. The van der Waals surface area contributed by atoms with Crippen molar-refractivity contribution in [3.05, 3.63) is 83.4 Å². The summed E-state index contributed by atoms with van der Waals surface area (Å²) in [6, 6.07) is 15.6. The van der Waals surface area contributed by atoms with Gasteiger partial charge >= 0.3 is 0 Å². The highest BCUT2D eigenvalue weighted by atomic mass is 16.3. The van der Waals surface area contributed by atoms with Gasteiger partial charge in [-0.2, -0.15) is 0 Å². The Labute approximate surface area is 141 Å². The second-order valence-electron chi connectivity index (χ2n) is 5.99. The first-order valence-electron chi connectivity index (χ1n) is 7.88. The Kier molecular flexibility index (Phi) is 4.32. The summed E-state index contributed by atoms with van der Waals surface area (Å²) in [6.45, 7) is 5.76. The number of rotatable bonds is 5. The summed E-state index contributed by atoms with van der Waals surface area (Å²) in [5.41, 5.74) is 2.27. The van der Waals surface area contributed by atoms with Gasteiger partial charge in [0.15, 0.2) is 0 Å². The zero-order valence-corrected chi connectivity index (χ0v) is 13.5. The van der Waals surface area contributed by atoms with Crippen LogP contribution in [0.1, 0.15) is 45.7 Å². The van der Waals surface area contributed by atoms with Crippen LogP contribution in [0.5, 0.6) is 0 Å². The molecule has 1 aliphatic heterocycles. The largest absolute Gasteiger partial charge is 0.388 e. The van der Waals surface area contributed by atoms with Gasteiger partial charge in [-0.1, -0.05) is 54.6 Å². The highest BCUT2D eigenvalue weighted by molar-refractivity contribution is 6.21. The molecule has 2 amide bonds. The molecule has 0 radical (unpaired) electrons. The van der Waals surface area contributed by atoms with Gasteiger partial charge in [0.25, 0.3) is 11.8 Å². The number of hydrogen-bond acceptors (Lipinski definition) is 3. The molecule has 0 bridgehead atoms. The van der Waals surface area contributed by atoms with Gasteiger partial charge in [-0.25, -0.2) is 0 Å². The average molecular weight is 321 g/mol.